The number of likely N-dealkylation sites (N-methyl/N-ethyl adjacent to an activating group) is 1. The lowest BCUT2D eigenvalue weighted by atomic mass is 10.2. The summed E-state index contributed by atoms with van der Waals surface area (Å²) in [5.74, 6) is -1.29. The summed E-state index contributed by atoms with van der Waals surface area (Å²) in [6, 6.07) is 11.7. The number of ether oxygens (including phenoxy) is 2. The maximum atomic E-state index is 13.7. The molecule has 4 rings (SSSR count). The van der Waals surface area contributed by atoms with Gasteiger partial charge in [-0.2, -0.15) is 4.98 Å². The van der Waals surface area contributed by atoms with E-state index in [-0.39, 0.29) is 61.9 Å². The Morgan fingerprint density at radius 3 is 2.42 bits per heavy atom. The zero-order chi connectivity index (χ0) is 29.4. The highest BCUT2D eigenvalue weighted by molar-refractivity contribution is 14.2. The van der Waals surface area contributed by atoms with E-state index >= 15 is 0 Å². The Morgan fingerprint density at radius 2 is 1.77 bits per heavy atom. The Bertz CT molecular complexity index is 1330. The molecule has 1 aliphatic rings. The van der Waals surface area contributed by atoms with Gasteiger partial charge >= 0.3 is 12.4 Å². The van der Waals surface area contributed by atoms with E-state index in [2.05, 4.69) is 31.8 Å². The third-order valence-corrected chi connectivity index (χ3v) is 6.94. The molecule has 15 heteroatoms. The lowest BCUT2D eigenvalue weighted by molar-refractivity contribution is -0.274. The van der Waals surface area contributed by atoms with E-state index in [1.165, 1.54) is 33.5 Å². The van der Waals surface area contributed by atoms with Gasteiger partial charge in [0.25, 0.3) is 5.91 Å². The van der Waals surface area contributed by atoms with Crippen LogP contribution in [0.25, 0.3) is 0 Å². The predicted octanol–water partition coefficient (Wildman–Crippen LogP) is 6.68. The number of aromatic nitrogens is 2. The fourth-order valence-electron chi connectivity index (χ4n) is 3.69. The van der Waals surface area contributed by atoms with Crippen LogP contribution < -0.4 is 14.4 Å². The van der Waals surface area contributed by atoms with Crippen molar-refractivity contribution in [3.8, 4) is 17.5 Å². The van der Waals surface area contributed by atoms with Crippen molar-refractivity contribution in [3.05, 3.63) is 64.8 Å². The first kappa shape index (κ1) is 31.9. The molecule has 1 aliphatic heterocycles. The molecule has 216 valence electrons. The molecule has 3 aromatic rings. The summed E-state index contributed by atoms with van der Waals surface area (Å²) in [4.78, 5) is 33.6. The van der Waals surface area contributed by atoms with Gasteiger partial charge in [-0.05, 0) is 51.9 Å². The molecule has 0 saturated heterocycles. The van der Waals surface area contributed by atoms with Crippen LogP contribution in [0.1, 0.15) is 29.9 Å². The Balaban J connectivity index is 0.00000216. The van der Waals surface area contributed by atoms with Gasteiger partial charge in [0.1, 0.15) is 18.0 Å². The van der Waals surface area contributed by atoms with Crippen molar-refractivity contribution in [2.24, 2.45) is 0 Å². The number of benzene rings is 2. The molecule has 40 heavy (non-hydrogen) atoms. The van der Waals surface area contributed by atoms with Crippen LogP contribution in [0.5, 0.6) is 17.5 Å². The number of alkyl halides is 3. The molecule has 0 N–H and O–H groups in total. The zero-order valence-electron chi connectivity index (χ0n) is 21.7. The lowest BCUT2D eigenvalue weighted by Gasteiger charge is -2.21. The van der Waals surface area contributed by atoms with Gasteiger partial charge in [-0.3, -0.25) is 19.1 Å². The molecule has 1 atom stereocenters. The number of imidazole rings is 1. The van der Waals surface area contributed by atoms with E-state index < -0.39 is 18.0 Å². The molecule has 0 bridgehead atoms. The first-order chi connectivity index (χ1) is 19.1. The second kappa shape index (κ2) is 14.3. The topological polar surface area (TPSA) is 86.1 Å². The smallest absolute Gasteiger partial charge is 0.425 e. The summed E-state index contributed by atoms with van der Waals surface area (Å²) in [5, 5.41) is 0.514. The average molecular weight is 713 g/mol. The van der Waals surface area contributed by atoms with Crippen LogP contribution in [0.3, 0.4) is 0 Å². The lowest BCUT2D eigenvalue weighted by Crippen LogP contribution is -2.40. The van der Waals surface area contributed by atoms with E-state index in [0.717, 1.165) is 17.7 Å². The Labute approximate surface area is 248 Å². The number of nitrogens with zero attached hydrogens (tertiary/aromatic N) is 4. The molecule has 2 aromatic carbocycles. The van der Waals surface area contributed by atoms with Crippen LogP contribution in [0.15, 0.2) is 48.5 Å². The molecule has 0 radical (unpaired) electrons. The number of halogens is 5. The highest BCUT2D eigenvalue weighted by Crippen LogP contribution is 2.34. The second-order valence-electron chi connectivity index (χ2n) is 8.01. The summed E-state index contributed by atoms with van der Waals surface area (Å²) < 4.78 is 54.9. The average Bonchev–Trinajstić information content (AvgIpc) is 3.22. The molecule has 1 unspecified atom stereocenters. The van der Waals surface area contributed by atoms with Gasteiger partial charge < -0.3 is 18.9 Å². The summed E-state index contributed by atoms with van der Waals surface area (Å²) >= 11 is 8.08. The van der Waals surface area contributed by atoms with E-state index in [0.29, 0.717) is 5.02 Å². The van der Waals surface area contributed by atoms with Gasteiger partial charge in [0.2, 0.25) is 5.91 Å². The van der Waals surface area contributed by atoms with Crippen molar-refractivity contribution in [3.63, 3.8) is 0 Å². The fourth-order valence-corrected chi connectivity index (χ4v) is 4.64. The normalized spacial score (nSPS) is 13.7. The maximum Gasteiger partial charge on any atom is 0.573 e. The van der Waals surface area contributed by atoms with Crippen LogP contribution >= 0.6 is 40.1 Å². The number of hydrogen-bond acceptors (Lipinski definition) is 6. The molecule has 0 aliphatic carbocycles. The van der Waals surface area contributed by atoms with Gasteiger partial charge in [0.05, 0.1) is 19.6 Å². The molecule has 0 spiro atoms. The molecule has 9 nitrogen and oxygen atoms in total. The van der Waals surface area contributed by atoms with Crippen molar-refractivity contribution in [2.75, 3.05) is 31.6 Å². The van der Waals surface area contributed by atoms with Crippen molar-refractivity contribution >= 4 is 57.7 Å². The van der Waals surface area contributed by atoms with E-state index in [4.69, 9.17) is 20.9 Å². The van der Waals surface area contributed by atoms with E-state index in [1.807, 2.05) is 13.8 Å². The van der Waals surface area contributed by atoms with Crippen LogP contribution in [0.2, 0.25) is 5.02 Å². The SMILES string of the molecule is CC.CN1C(=O)CN(CCOPI)C(=O)c2c1nc(Oc1cccc(OC(F)(F)F)c1)n2Cc1ccc(Cl)cc1. The number of anilines is 1. The number of carbonyl (C=O) groups is 2. The fraction of sp³-hybridized carbons (Fsp3) is 0.320. The highest BCUT2D eigenvalue weighted by atomic mass is 127. The summed E-state index contributed by atoms with van der Waals surface area (Å²) in [7, 11) is 1.49. The molecule has 1 aromatic heterocycles. The molecule has 2 amide bonds. The standard InChI is InChI=1S/C23H20ClF3IN4O5P.C2H6/c1-30-18(33)13-31(9-10-35-38-28)21(34)19-20(30)29-22(32(19)12-14-5-7-15(24)8-6-14)36-16-3-2-4-17(11-16)37-23(25,26)27;1-2/h2-8,11,38H,9-10,12-13H2,1H3;1-2H3. The number of fused-ring (bicyclic) bond motifs is 1. The maximum absolute atomic E-state index is 13.7. The minimum absolute atomic E-state index is 0.0148. The second-order valence-corrected chi connectivity index (χ2v) is 10.2. The minimum Gasteiger partial charge on any atom is -0.425 e. The predicted molar refractivity (Wildman–Crippen MR) is 155 cm³/mol. The van der Waals surface area contributed by atoms with E-state index in [1.54, 1.807) is 24.3 Å². The van der Waals surface area contributed by atoms with E-state index in [9.17, 15) is 22.8 Å². The van der Waals surface area contributed by atoms with Crippen molar-refractivity contribution in [1.82, 2.24) is 14.5 Å². The largest absolute Gasteiger partial charge is 0.573 e. The Kier molecular flexibility index (Phi) is 11.4. The summed E-state index contributed by atoms with van der Waals surface area (Å²) in [6.07, 6.45) is -4.89. The summed E-state index contributed by atoms with van der Waals surface area (Å²) in [6.45, 7) is 4.52. The monoisotopic (exact) mass is 712 g/mol. The van der Waals surface area contributed by atoms with Gasteiger partial charge in [0, 0.05) is 24.7 Å². The molecular weight excluding hydrogens is 687 g/mol. The zero-order valence-corrected chi connectivity index (χ0v) is 25.6. The Hall–Kier alpha value is -2.61. The molecule has 0 saturated carbocycles. The number of hydrogen-bond donors (Lipinski definition) is 0. The number of carbonyl (C=O) groups excluding carboxylic acids is 2. The van der Waals surface area contributed by atoms with Gasteiger partial charge in [-0.15, -0.1) is 13.2 Å². The third kappa shape index (κ3) is 8.21. The van der Waals surface area contributed by atoms with Gasteiger partial charge in [-0.25, -0.2) is 0 Å². The minimum atomic E-state index is -4.89. The summed E-state index contributed by atoms with van der Waals surface area (Å²) in [5.41, 5.74) is 0.823. The van der Waals surface area contributed by atoms with Crippen LogP contribution in [-0.4, -0.2) is 59.4 Å². The first-order valence-corrected chi connectivity index (χ1v) is 16.4. The van der Waals surface area contributed by atoms with Crippen molar-refractivity contribution in [2.45, 2.75) is 26.8 Å². The molecule has 0 fully saturated rings. The Morgan fingerprint density at radius 1 is 1.10 bits per heavy atom. The molecular formula is C25H26ClF3IN4O5P. The van der Waals surface area contributed by atoms with Gasteiger partial charge in [0.15, 0.2) is 11.5 Å². The number of amides is 2. The van der Waals surface area contributed by atoms with Crippen LogP contribution in [0, 0.1) is 0 Å². The first-order valence-electron chi connectivity index (χ1n) is 12.0. The number of rotatable bonds is 9. The highest BCUT2D eigenvalue weighted by Gasteiger charge is 2.36. The van der Waals surface area contributed by atoms with Crippen LogP contribution in [0.4, 0.5) is 19.0 Å². The quantitative estimate of drug-likeness (QED) is 0.140. The van der Waals surface area contributed by atoms with Crippen molar-refractivity contribution in [1.29, 1.82) is 0 Å². The van der Waals surface area contributed by atoms with Crippen LogP contribution in [-0.2, 0) is 15.9 Å². The molecule has 2 heterocycles. The third-order valence-electron chi connectivity index (χ3n) is 5.44. The van der Waals surface area contributed by atoms with Crippen molar-refractivity contribution < 1.29 is 36.8 Å². The van der Waals surface area contributed by atoms with Gasteiger partial charge in [-0.1, -0.05) is 43.6 Å².